The van der Waals surface area contributed by atoms with Crippen molar-refractivity contribution in [1.82, 2.24) is 0 Å². The average molecular weight is 497 g/mol. The summed E-state index contributed by atoms with van der Waals surface area (Å²) in [7, 11) is -0.648. The Balaban J connectivity index is 2.53. The molecule has 0 aliphatic heterocycles. The summed E-state index contributed by atoms with van der Waals surface area (Å²) in [5.41, 5.74) is 0.622. The maximum Gasteiger partial charge on any atom is 0.263 e. The van der Waals surface area contributed by atoms with Crippen LogP contribution in [0, 0.1) is 5.82 Å². The lowest BCUT2D eigenvalue weighted by atomic mass is 9.85. The molecular weight excluding hydrogens is 467 g/mol. The molecule has 1 N–H and O–H groups in total. The van der Waals surface area contributed by atoms with E-state index in [9.17, 15) is 27.3 Å². The van der Waals surface area contributed by atoms with Crippen molar-refractivity contribution in [3.63, 3.8) is 0 Å². The molecule has 0 unspecified atom stereocenters. The standard InChI is InChI=1S/C24H29F3NO3SSi/c1-13(2)17-9-15(23(26)27)10-18(14(3)4)19(17)12-22(29)28-32(31,33)21-8-7-16(11-20(21)25)24(5,6)30/h7-11,13-14,23,30H,12H2,1-6H3/t32-/m1/s1. The fourth-order valence-electron chi connectivity index (χ4n) is 3.58. The fourth-order valence-corrected chi connectivity index (χ4v) is 5.41. The molecule has 3 radical (unpaired) electrons. The monoisotopic (exact) mass is 496 g/mol. The molecule has 2 aromatic rings. The predicted octanol–water partition coefficient (Wildman–Crippen LogP) is 5.92. The maximum atomic E-state index is 14.6. The number of benzene rings is 2. The van der Waals surface area contributed by atoms with Crippen LogP contribution in [0.5, 0.6) is 0 Å². The lowest BCUT2D eigenvalue weighted by Gasteiger charge is -2.21. The normalized spacial score (nSPS) is 14.1. The summed E-state index contributed by atoms with van der Waals surface area (Å²) in [6.07, 6.45) is -2.90. The van der Waals surface area contributed by atoms with Crippen molar-refractivity contribution in [3.05, 3.63) is 64.0 Å². The van der Waals surface area contributed by atoms with E-state index in [-0.39, 0.29) is 34.3 Å². The molecule has 179 valence electrons. The van der Waals surface area contributed by atoms with Crippen LogP contribution in [0.4, 0.5) is 13.2 Å². The number of amides is 1. The molecule has 0 aliphatic rings. The van der Waals surface area contributed by atoms with Gasteiger partial charge < -0.3 is 5.11 Å². The number of hydrogen-bond acceptors (Lipinski definition) is 3. The van der Waals surface area contributed by atoms with Gasteiger partial charge in [-0.15, -0.1) is 0 Å². The van der Waals surface area contributed by atoms with E-state index in [0.29, 0.717) is 16.7 Å². The van der Waals surface area contributed by atoms with Gasteiger partial charge >= 0.3 is 0 Å². The first-order valence-electron chi connectivity index (χ1n) is 10.6. The number of aliphatic hydroxyl groups is 1. The Morgan fingerprint density at radius 2 is 1.61 bits per heavy atom. The maximum absolute atomic E-state index is 14.6. The Morgan fingerprint density at radius 3 is 2.00 bits per heavy atom. The van der Waals surface area contributed by atoms with Crippen LogP contribution in [0.25, 0.3) is 0 Å². The number of carbonyl (C=O) groups is 1. The number of alkyl halides is 2. The van der Waals surface area contributed by atoms with Crippen molar-refractivity contribution in [2.45, 2.75) is 76.7 Å². The number of halogens is 3. The number of nitrogens with zero attached hydrogens (tertiary/aromatic N) is 1. The molecule has 0 saturated carbocycles. The predicted molar refractivity (Wildman–Crippen MR) is 125 cm³/mol. The van der Waals surface area contributed by atoms with Gasteiger partial charge in [-0.1, -0.05) is 33.8 Å². The highest BCUT2D eigenvalue weighted by Crippen LogP contribution is 2.34. The minimum absolute atomic E-state index is 0.117. The lowest BCUT2D eigenvalue weighted by molar-refractivity contribution is -0.117. The summed E-state index contributed by atoms with van der Waals surface area (Å²) in [5.74, 6) is -1.92. The van der Waals surface area contributed by atoms with E-state index in [4.69, 9.17) is 0 Å². The van der Waals surface area contributed by atoms with Crippen molar-refractivity contribution in [3.8, 4) is 0 Å². The molecule has 4 nitrogen and oxygen atoms in total. The zero-order chi connectivity index (χ0) is 25.3. The van der Waals surface area contributed by atoms with E-state index in [1.165, 1.54) is 38.1 Å². The Kier molecular flexibility index (Phi) is 8.35. The van der Waals surface area contributed by atoms with Crippen LogP contribution in [0.3, 0.4) is 0 Å². The van der Waals surface area contributed by atoms with Gasteiger partial charge in [0.15, 0.2) is 9.39 Å². The molecule has 0 aliphatic carbocycles. The molecular formula is C24H29F3NO3SSi. The molecule has 33 heavy (non-hydrogen) atoms. The minimum atomic E-state index is -3.61. The Bertz CT molecular complexity index is 1140. The van der Waals surface area contributed by atoms with Crippen LogP contribution < -0.4 is 0 Å². The van der Waals surface area contributed by atoms with Crippen molar-refractivity contribution in [2.24, 2.45) is 4.36 Å². The second-order valence-electron chi connectivity index (χ2n) is 9.18. The van der Waals surface area contributed by atoms with Crippen LogP contribution in [0.2, 0.25) is 0 Å². The third-order valence-electron chi connectivity index (χ3n) is 5.33. The molecule has 2 aromatic carbocycles. The van der Waals surface area contributed by atoms with Gasteiger partial charge in [-0.2, -0.15) is 4.36 Å². The molecule has 0 fully saturated rings. The van der Waals surface area contributed by atoms with E-state index in [2.05, 4.69) is 13.8 Å². The van der Waals surface area contributed by atoms with Crippen LogP contribution >= 0.6 is 0 Å². The van der Waals surface area contributed by atoms with Crippen molar-refractivity contribution < 1.29 is 27.3 Å². The Hall–Kier alpha value is -1.97. The summed E-state index contributed by atoms with van der Waals surface area (Å²) in [4.78, 5) is 12.5. The molecule has 0 spiro atoms. The molecule has 0 bridgehead atoms. The number of hydrogen-bond donors (Lipinski definition) is 1. The summed E-state index contributed by atoms with van der Waals surface area (Å²) >= 11 is 0. The minimum Gasteiger partial charge on any atom is -0.386 e. The summed E-state index contributed by atoms with van der Waals surface area (Å²) in [5, 5.41) is 10.0. The van der Waals surface area contributed by atoms with Crippen molar-refractivity contribution >= 4 is 24.5 Å². The molecule has 1 atom stereocenters. The second kappa shape index (κ2) is 10.1. The van der Waals surface area contributed by atoms with Gasteiger partial charge in [0.25, 0.3) is 12.3 Å². The first-order chi connectivity index (χ1) is 15.0. The van der Waals surface area contributed by atoms with E-state index in [1.54, 1.807) is 0 Å². The van der Waals surface area contributed by atoms with Crippen molar-refractivity contribution in [2.75, 3.05) is 0 Å². The van der Waals surface area contributed by atoms with Gasteiger partial charge in [0.2, 0.25) is 0 Å². The van der Waals surface area contributed by atoms with E-state index >= 15 is 0 Å². The molecule has 0 aromatic heterocycles. The molecule has 1 amide bonds. The number of rotatable bonds is 7. The summed E-state index contributed by atoms with van der Waals surface area (Å²) in [6, 6.07) is 6.46. The smallest absolute Gasteiger partial charge is 0.263 e. The van der Waals surface area contributed by atoms with E-state index in [0.717, 1.165) is 6.07 Å². The van der Waals surface area contributed by atoms with Gasteiger partial charge in [0.1, 0.15) is 5.82 Å². The lowest BCUT2D eigenvalue weighted by Crippen LogP contribution is -2.17. The first-order valence-corrected chi connectivity index (χ1v) is 13.3. The highest BCUT2D eigenvalue weighted by Gasteiger charge is 2.23. The van der Waals surface area contributed by atoms with E-state index < -0.39 is 32.9 Å². The molecule has 0 saturated heterocycles. The van der Waals surface area contributed by atoms with Gasteiger partial charge in [0, 0.05) is 5.56 Å². The third kappa shape index (κ3) is 6.55. The largest absolute Gasteiger partial charge is 0.386 e. The Morgan fingerprint density at radius 1 is 1.09 bits per heavy atom. The average Bonchev–Trinajstić information content (AvgIpc) is 2.65. The molecule has 9 heteroatoms. The van der Waals surface area contributed by atoms with E-state index in [1.807, 2.05) is 27.7 Å². The first kappa shape index (κ1) is 27.3. The zero-order valence-corrected chi connectivity index (χ0v) is 21.4. The van der Waals surface area contributed by atoms with Gasteiger partial charge in [-0.05, 0) is 72.2 Å². The van der Waals surface area contributed by atoms with Crippen LogP contribution in [-0.2, 0) is 26.0 Å². The highest BCUT2D eigenvalue weighted by molar-refractivity contribution is 8.14. The second-order valence-corrected chi connectivity index (χ2v) is 12.5. The molecule has 0 heterocycles. The SMILES string of the molecule is CC(C)c1cc(C(F)F)cc(C(C)C)c1CC(=O)N=[S@](=O)([Si])c1ccc(C(C)(C)O)cc1F. The van der Waals surface area contributed by atoms with Gasteiger partial charge in [-0.25, -0.2) is 13.2 Å². The molecule has 2 rings (SSSR count). The highest BCUT2D eigenvalue weighted by atomic mass is 32.4. The third-order valence-corrected chi connectivity index (χ3v) is 7.65. The van der Waals surface area contributed by atoms with Gasteiger partial charge in [-0.3, -0.25) is 9.00 Å². The van der Waals surface area contributed by atoms with Crippen LogP contribution in [-0.4, -0.2) is 24.6 Å². The van der Waals surface area contributed by atoms with Gasteiger partial charge in [0.05, 0.1) is 26.1 Å². The summed E-state index contributed by atoms with van der Waals surface area (Å²) in [6.45, 7) is 10.3. The zero-order valence-electron chi connectivity index (χ0n) is 19.6. The van der Waals surface area contributed by atoms with Crippen LogP contribution in [0.15, 0.2) is 39.6 Å². The van der Waals surface area contributed by atoms with Crippen molar-refractivity contribution in [1.29, 1.82) is 0 Å². The fraction of sp³-hybridized carbons (Fsp3) is 0.458. The quantitative estimate of drug-likeness (QED) is 0.484. The Labute approximate surface area is 196 Å². The number of carbonyl (C=O) groups excluding carboxylic acids is 1. The van der Waals surface area contributed by atoms with Crippen LogP contribution in [0.1, 0.15) is 87.6 Å². The topological polar surface area (TPSA) is 66.7 Å². The summed E-state index contributed by atoms with van der Waals surface area (Å²) < 4.78 is 58.3.